The van der Waals surface area contributed by atoms with Crippen LogP contribution in [0.5, 0.6) is 11.5 Å². The van der Waals surface area contributed by atoms with Crippen LogP contribution in [0.15, 0.2) is 36.4 Å². The van der Waals surface area contributed by atoms with Crippen molar-refractivity contribution in [1.29, 1.82) is 0 Å². The molecular weight excluding hydrogens is 306 g/mol. The Balaban J connectivity index is 2.15. The molecule has 0 amide bonds. The molecule has 2 aromatic rings. The third kappa shape index (κ3) is 2.10. The van der Waals surface area contributed by atoms with Gasteiger partial charge in [-0.3, -0.25) is 4.79 Å². The van der Waals surface area contributed by atoms with Crippen molar-refractivity contribution in [3.05, 3.63) is 57.8 Å². The molecule has 5 nitrogen and oxygen atoms in total. The zero-order valence-electron chi connectivity index (χ0n) is 11.9. The summed E-state index contributed by atoms with van der Waals surface area (Å²) in [5.74, 6) is 0.631. The van der Waals surface area contributed by atoms with Crippen molar-refractivity contribution in [2.24, 2.45) is 0 Å². The van der Waals surface area contributed by atoms with Crippen LogP contribution in [0.1, 0.15) is 15.9 Å². The summed E-state index contributed by atoms with van der Waals surface area (Å²) in [6, 6.07) is 9.52. The number of rotatable bonds is 3. The number of methoxy groups -OCH3 is 2. The number of hydrogen-bond donors (Lipinski definition) is 0. The summed E-state index contributed by atoms with van der Waals surface area (Å²) < 4.78 is 11.0. The molecule has 112 valence electrons. The van der Waals surface area contributed by atoms with Crippen LogP contribution in [0, 0.1) is 5.21 Å². The Bertz CT molecular complexity index is 814. The van der Waals surface area contributed by atoms with Crippen LogP contribution in [-0.2, 0) is 0 Å². The van der Waals surface area contributed by atoms with Gasteiger partial charge in [0.1, 0.15) is 5.56 Å². The number of Topliss-reactive ketones (excluding diaryl/α,β-unsaturated/α-hetero) is 1. The Hall–Kier alpha value is -2.53. The molecule has 1 heterocycles. The van der Waals surface area contributed by atoms with E-state index in [1.54, 1.807) is 30.3 Å². The molecule has 22 heavy (non-hydrogen) atoms. The highest BCUT2D eigenvalue weighted by atomic mass is 35.5. The van der Waals surface area contributed by atoms with Gasteiger partial charge in [-0.1, -0.05) is 11.6 Å². The van der Waals surface area contributed by atoms with Gasteiger partial charge >= 0.3 is 0 Å². The number of ketones is 1. The van der Waals surface area contributed by atoms with E-state index in [2.05, 4.69) is 0 Å². The van der Waals surface area contributed by atoms with Crippen LogP contribution >= 0.6 is 11.6 Å². The lowest BCUT2D eigenvalue weighted by Gasteiger charge is -2.08. The standard InChI is InChI=1S/C16H12ClNO4/c1-21-13-6-3-9(7-14(13)22-2)15-16(19)11-5-4-10(17)8-12(11)18(15)20/h3-8H,1-2H3. The van der Waals surface area contributed by atoms with E-state index in [9.17, 15) is 10.0 Å². The van der Waals surface area contributed by atoms with Crippen molar-refractivity contribution in [3.8, 4) is 11.5 Å². The van der Waals surface area contributed by atoms with Crippen LogP contribution < -0.4 is 9.47 Å². The molecule has 6 heteroatoms. The minimum atomic E-state index is -0.339. The molecule has 0 radical (unpaired) electrons. The molecule has 0 aromatic heterocycles. The van der Waals surface area contributed by atoms with Gasteiger partial charge in [0.15, 0.2) is 11.5 Å². The molecule has 0 bridgehead atoms. The summed E-state index contributed by atoms with van der Waals surface area (Å²) in [5.41, 5.74) is 1.09. The maximum absolute atomic E-state index is 12.5. The Morgan fingerprint density at radius 2 is 1.77 bits per heavy atom. The zero-order chi connectivity index (χ0) is 15.9. The maximum atomic E-state index is 12.5. The third-order valence-electron chi connectivity index (χ3n) is 3.50. The van der Waals surface area contributed by atoms with Gasteiger partial charge in [0.05, 0.1) is 19.8 Å². The maximum Gasteiger partial charge on any atom is 0.273 e. The molecule has 0 aliphatic carbocycles. The van der Waals surface area contributed by atoms with E-state index in [-0.39, 0.29) is 17.2 Å². The second kappa shape index (κ2) is 5.35. The molecule has 0 saturated carbocycles. The van der Waals surface area contributed by atoms with E-state index < -0.39 is 0 Å². The number of halogens is 1. The molecule has 2 aromatic carbocycles. The van der Waals surface area contributed by atoms with Gasteiger partial charge in [-0.2, -0.15) is 4.74 Å². The second-order valence-corrected chi connectivity index (χ2v) is 5.14. The van der Waals surface area contributed by atoms with Crippen molar-refractivity contribution in [2.75, 3.05) is 14.2 Å². The van der Waals surface area contributed by atoms with Gasteiger partial charge in [-0.25, -0.2) is 0 Å². The van der Waals surface area contributed by atoms with E-state index in [1.807, 2.05) is 0 Å². The summed E-state index contributed by atoms with van der Waals surface area (Å²) in [6.45, 7) is 0. The summed E-state index contributed by atoms with van der Waals surface area (Å²) >= 11 is 5.89. The van der Waals surface area contributed by atoms with E-state index in [1.165, 1.54) is 20.3 Å². The van der Waals surface area contributed by atoms with Crippen LogP contribution in [0.25, 0.3) is 0 Å². The fraction of sp³-hybridized carbons (Fsp3) is 0.125. The van der Waals surface area contributed by atoms with Crippen molar-refractivity contribution < 1.29 is 19.0 Å². The van der Waals surface area contributed by atoms with Crippen LogP contribution in [0.2, 0.25) is 5.02 Å². The predicted molar refractivity (Wildman–Crippen MR) is 82.7 cm³/mol. The molecule has 1 aliphatic rings. The van der Waals surface area contributed by atoms with Crippen molar-refractivity contribution in [2.45, 2.75) is 0 Å². The fourth-order valence-electron chi connectivity index (χ4n) is 2.44. The highest BCUT2D eigenvalue weighted by molar-refractivity contribution is 6.52. The summed E-state index contributed by atoms with van der Waals surface area (Å²) in [7, 11) is 3.01. The first-order valence-electron chi connectivity index (χ1n) is 6.47. The topological polar surface area (TPSA) is 61.6 Å². The molecule has 0 N–H and O–H groups in total. The minimum absolute atomic E-state index is 0.0400. The molecule has 0 unspecified atom stereocenters. The SMILES string of the molecule is COc1ccc(C2=[N+]([O-])c3cc(Cl)ccc3C2=O)cc1OC. The van der Waals surface area contributed by atoms with Gasteiger partial charge in [-0.05, 0) is 30.3 Å². The van der Waals surface area contributed by atoms with Gasteiger partial charge in [0.2, 0.25) is 5.69 Å². The number of fused-ring (bicyclic) bond motifs is 1. The molecule has 0 spiro atoms. The molecule has 0 atom stereocenters. The Morgan fingerprint density at radius 1 is 1.05 bits per heavy atom. The van der Waals surface area contributed by atoms with E-state index >= 15 is 0 Å². The third-order valence-corrected chi connectivity index (χ3v) is 3.73. The lowest BCUT2D eigenvalue weighted by molar-refractivity contribution is -0.355. The number of carbonyl (C=O) groups is 1. The number of hydrogen-bond acceptors (Lipinski definition) is 4. The number of nitrogens with zero attached hydrogens (tertiary/aromatic N) is 1. The number of ether oxygens (including phenoxy) is 2. The van der Waals surface area contributed by atoms with Gasteiger partial charge < -0.3 is 14.7 Å². The van der Waals surface area contributed by atoms with Crippen LogP contribution in [0.3, 0.4) is 0 Å². The first-order chi connectivity index (χ1) is 10.6. The molecule has 3 rings (SSSR count). The monoisotopic (exact) mass is 317 g/mol. The lowest BCUT2D eigenvalue weighted by Crippen LogP contribution is -2.16. The summed E-state index contributed by atoms with van der Waals surface area (Å²) in [6.07, 6.45) is 0. The normalized spacial score (nSPS) is 13.3. The first kappa shape index (κ1) is 14.4. The highest BCUT2D eigenvalue weighted by Crippen LogP contribution is 2.33. The second-order valence-electron chi connectivity index (χ2n) is 4.70. The fourth-order valence-corrected chi connectivity index (χ4v) is 2.60. The van der Waals surface area contributed by atoms with Crippen molar-refractivity contribution >= 4 is 28.8 Å². The number of benzene rings is 2. The first-order valence-corrected chi connectivity index (χ1v) is 6.85. The summed E-state index contributed by atoms with van der Waals surface area (Å²) in [4.78, 5) is 12.5. The molecule has 0 saturated heterocycles. The number of carbonyl (C=O) groups excluding carboxylic acids is 1. The van der Waals surface area contributed by atoms with Gasteiger partial charge in [-0.15, -0.1) is 0 Å². The van der Waals surface area contributed by atoms with Crippen molar-refractivity contribution in [1.82, 2.24) is 0 Å². The summed E-state index contributed by atoms with van der Waals surface area (Å²) in [5, 5.41) is 12.8. The van der Waals surface area contributed by atoms with Gasteiger partial charge in [0.25, 0.3) is 11.5 Å². The minimum Gasteiger partial charge on any atom is -0.618 e. The molecule has 0 fully saturated rings. The largest absolute Gasteiger partial charge is 0.618 e. The smallest absolute Gasteiger partial charge is 0.273 e. The van der Waals surface area contributed by atoms with E-state index in [0.29, 0.717) is 32.4 Å². The van der Waals surface area contributed by atoms with Crippen LogP contribution in [0.4, 0.5) is 5.69 Å². The van der Waals surface area contributed by atoms with E-state index in [0.717, 1.165) is 0 Å². The van der Waals surface area contributed by atoms with Crippen LogP contribution in [-0.4, -0.2) is 30.5 Å². The quantitative estimate of drug-likeness (QED) is 0.644. The van der Waals surface area contributed by atoms with Gasteiger partial charge in [0, 0.05) is 11.1 Å². The zero-order valence-corrected chi connectivity index (χ0v) is 12.7. The predicted octanol–water partition coefficient (Wildman–Crippen LogP) is 3.18. The molecule has 1 aliphatic heterocycles. The average Bonchev–Trinajstić information content (AvgIpc) is 2.77. The Morgan fingerprint density at radius 3 is 2.45 bits per heavy atom. The lowest BCUT2D eigenvalue weighted by atomic mass is 10.0. The Kier molecular flexibility index (Phi) is 3.50. The van der Waals surface area contributed by atoms with E-state index in [4.69, 9.17) is 21.1 Å². The average molecular weight is 318 g/mol. The highest BCUT2D eigenvalue weighted by Gasteiger charge is 2.37. The molecular formula is C16H12ClNO4. The van der Waals surface area contributed by atoms with Crippen molar-refractivity contribution in [3.63, 3.8) is 0 Å². The Labute approximate surface area is 131 Å².